The van der Waals surface area contributed by atoms with Crippen molar-refractivity contribution >= 4 is 56.7 Å². The minimum atomic E-state index is -4.09. The number of carbonyl (C=O) groups excluding carboxylic acids is 2. The monoisotopic (exact) mass is 571 g/mol. The zero-order valence-electron chi connectivity index (χ0n) is 21.0. The zero-order valence-corrected chi connectivity index (χ0v) is 22.6. The number of ether oxygens (including phenoxy) is 1. The van der Waals surface area contributed by atoms with Crippen LogP contribution >= 0.6 is 11.3 Å². The number of sulfonamides is 1. The quantitative estimate of drug-likeness (QED) is 0.0322. The number of anilines is 1. The number of benzene rings is 2. The molecule has 13 heteroatoms. The second-order valence-electron chi connectivity index (χ2n) is 8.31. The van der Waals surface area contributed by atoms with Gasteiger partial charge in [-0.1, -0.05) is 36.4 Å². The first-order valence-electron chi connectivity index (χ1n) is 11.7. The summed E-state index contributed by atoms with van der Waals surface area (Å²) in [4.78, 5) is 25.5. The SMILES string of the molecule is COc1ccc(/C=C/c2cccc(S(=O)(=O)Nc3ccsc3C(=O)C(=O)[C@H](CCCNC(=N)N)NO)c2)cc1. The molecule has 11 nitrogen and oxygen atoms in total. The second-order valence-corrected chi connectivity index (χ2v) is 10.9. The van der Waals surface area contributed by atoms with Crippen LogP contribution in [0.1, 0.15) is 33.6 Å². The Kier molecular flexibility index (Phi) is 10.3. The van der Waals surface area contributed by atoms with E-state index in [1.54, 1.807) is 25.3 Å². The van der Waals surface area contributed by atoms with Crippen LogP contribution in [0.25, 0.3) is 12.2 Å². The number of rotatable bonds is 14. The molecule has 2 aromatic carbocycles. The van der Waals surface area contributed by atoms with E-state index in [-0.39, 0.29) is 34.4 Å². The van der Waals surface area contributed by atoms with Crippen LogP contribution in [-0.2, 0) is 14.8 Å². The minimum Gasteiger partial charge on any atom is -0.497 e. The molecule has 3 aromatic rings. The Balaban J connectivity index is 1.72. The Labute approximate surface area is 230 Å². The number of nitrogens with one attached hydrogen (secondary N) is 4. The topological polar surface area (TPSA) is 184 Å². The third kappa shape index (κ3) is 8.22. The summed E-state index contributed by atoms with van der Waals surface area (Å²) < 4.78 is 33.8. The highest BCUT2D eigenvalue weighted by Gasteiger charge is 2.29. The second kappa shape index (κ2) is 13.7. The first-order valence-corrected chi connectivity index (χ1v) is 14.1. The standard InChI is InChI=1S/C26H29N5O6S2/c1-37-19-11-9-17(10-12-19)7-8-18-4-2-5-20(16-18)39(35,36)31-22-13-15-38-25(22)24(33)23(32)21(30-34)6-3-14-29-26(27)28/h2,4-5,7-13,15-16,21,30-31,34H,3,6,14H2,1H3,(H4,27,28,29)/b8-7+/t21-/m0/s1. The lowest BCUT2D eigenvalue weighted by molar-refractivity contribution is -0.119. The van der Waals surface area contributed by atoms with Crippen LogP contribution in [0.15, 0.2) is 64.9 Å². The molecule has 0 radical (unpaired) electrons. The molecule has 0 bridgehead atoms. The summed E-state index contributed by atoms with van der Waals surface area (Å²) in [7, 11) is -2.51. The van der Waals surface area contributed by atoms with E-state index in [4.69, 9.17) is 15.9 Å². The molecule has 0 aliphatic rings. The summed E-state index contributed by atoms with van der Waals surface area (Å²) in [6.07, 6.45) is 4.03. The highest BCUT2D eigenvalue weighted by Crippen LogP contribution is 2.27. The molecule has 206 valence electrons. The summed E-state index contributed by atoms with van der Waals surface area (Å²) in [5, 5.41) is 20.6. The average molecular weight is 572 g/mol. The molecule has 0 spiro atoms. The molecule has 7 N–H and O–H groups in total. The summed E-state index contributed by atoms with van der Waals surface area (Å²) in [6.45, 7) is 0.271. The molecule has 1 aromatic heterocycles. The number of Topliss-reactive ketones (excluding diaryl/α,β-unsaturated/α-hetero) is 2. The van der Waals surface area contributed by atoms with E-state index < -0.39 is 27.6 Å². The van der Waals surface area contributed by atoms with Crippen LogP contribution < -0.4 is 26.0 Å². The van der Waals surface area contributed by atoms with Crippen molar-refractivity contribution in [1.82, 2.24) is 10.8 Å². The van der Waals surface area contributed by atoms with Crippen LogP contribution in [0, 0.1) is 5.41 Å². The molecular formula is C26H29N5O6S2. The van der Waals surface area contributed by atoms with Gasteiger partial charge in [-0.15, -0.1) is 11.3 Å². The number of hydroxylamine groups is 1. The van der Waals surface area contributed by atoms with Crippen molar-refractivity contribution < 1.29 is 28.0 Å². The number of hydrogen-bond donors (Lipinski definition) is 6. The molecule has 39 heavy (non-hydrogen) atoms. The first-order chi connectivity index (χ1) is 18.6. The molecular weight excluding hydrogens is 542 g/mol. The maximum atomic E-state index is 13.1. The van der Waals surface area contributed by atoms with Crippen molar-refractivity contribution in [1.29, 1.82) is 5.41 Å². The van der Waals surface area contributed by atoms with Gasteiger partial charge in [0, 0.05) is 6.54 Å². The van der Waals surface area contributed by atoms with Gasteiger partial charge in [-0.3, -0.25) is 19.7 Å². The zero-order chi connectivity index (χ0) is 28.4. The predicted octanol–water partition coefficient (Wildman–Crippen LogP) is 3.09. The fraction of sp³-hybridized carbons (Fsp3) is 0.192. The average Bonchev–Trinajstić information content (AvgIpc) is 3.38. The van der Waals surface area contributed by atoms with Crippen molar-refractivity contribution in [2.24, 2.45) is 5.73 Å². The van der Waals surface area contributed by atoms with Crippen LogP contribution in [0.2, 0.25) is 0 Å². The van der Waals surface area contributed by atoms with Gasteiger partial charge in [0.05, 0.1) is 23.7 Å². The van der Waals surface area contributed by atoms with Gasteiger partial charge in [-0.2, -0.15) is 5.48 Å². The third-order valence-corrected chi connectivity index (χ3v) is 7.83. The van der Waals surface area contributed by atoms with Crippen LogP contribution in [0.5, 0.6) is 5.75 Å². The maximum absolute atomic E-state index is 13.1. The van der Waals surface area contributed by atoms with E-state index in [9.17, 15) is 23.2 Å². The van der Waals surface area contributed by atoms with Gasteiger partial charge >= 0.3 is 0 Å². The highest BCUT2D eigenvalue weighted by atomic mass is 32.2. The molecule has 0 amide bonds. The largest absolute Gasteiger partial charge is 0.497 e. The van der Waals surface area contributed by atoms with Gasteiger partial charge in [0.1, 0.15) is 10.6 Å². The van der Waals surface area contributed by atoms with Gasteiger partial charge < -0.3 is 21.0 Å². The molecule has 0 fully saturated rings. The lowest BCUT2D eigenvalue weighted by atomic mass is 10.0. The lowest BCUT2D eigenvalue weighted by Gasteiger charge is -2.14. The van der Waals surface area contributed by atoms with Crippen LogP contribution in [0.3, 0.4) is 0 Å². The molecule has 1 atom stereocenters. The molecule has 0 saturated carbocycles. The Hall–Kier alpha value is -4.04. The highest BCUT2D eigenvalue weighted by molar-refractivity contribution is 7.92. The van der Waals surface area contributed by atoms with E-state index in [0.717, 1.165) is 22.6 Å². The minimum absolute atomic E-state index is 0.0248. The Morgan fingerprint density at radius 3 is 2.51 bits per heavy atom. The van der Waals surface area contributed by atoms with Crippen molar-refractivity contribution in [3.8, 4) is 5.75 Å². The Morgan fingerprint density at radius 1 is 1.13 bits per heavy atom. The van der Waals surface area contributed by atoms with Gasteiger partial charge in [-0.05, 0) is 59.7 Å². The number of guanidine groups is 1. The fourth-order valence-corrected chi connectivity index (χ4v) is 5.50. The van der Waals surface area contributed by atoms with Gasteiger partial charge in [0.25, 0.3) is 10.0 Å². The van der Waals surface area contributed by atoms with Crippen LogP contribution in [0.4, 0.5) is 5.69 Å². The van der Waals surface area contributed by atoms with Gasteiger partial charge in [0.15, 0.2) is 5.96 Å². The lowest BCUT2D eigenvalue weighted by Crippen LogP contribution is -2.40. The van der Waals surface area contributed by atoms with Crippen molar-refractivity contribution in [3.05, 3.63) is 76.0 Å². The Bertz CT molecular complexity index is 1450. The van der Waals surface area contributed by atoms with Crippen LogP contribution in [-0.4, -0.2) is 50.8 Å². The van der Waals surface area contributed by atoms with E-state index in [0.29, 0.717) is 12.0 Å². The number of thiophene rings is 1. The first kappa shape index (κ1) is 29.5. The van der Waals surface area contributed by atoms with Gasteiger partial charge in [0.2, 0.25) is 11.6 Å². The third-order valence-electron chi connectivity index (χ3n) is 5.55. The fourth-order valence-electron chi connectivity index (χ4n) is 3.52. The number of hydrogen-bond acceptors (Lipinski definition) is 9. The number of carbonyl (C=O) groups is 2. The van der Waals surface area contributed by atoms with E-state index in [1.165, 1.54) is 23.6 Å². The molecule has 1 heterocycles. The molecule has 0 aliphatic heterocycles. The normalized spacial score (nSPS) is 12.2. The molecule has 0 unspecified atom stereocenters. The molecule has 0 aliphatic carbocycles. The Morgan fingerprint density at radius 2 is 1.85 bits per heavy atom. The van der Waals surface area contributed by atoms with Crippen molar-refractivity contribution in [2.75, 3.05) is 18.4 Å². The summed E-state index contributed by atoms with van der Waals surface area (Å²) in [5.41, 5.74) is 8.54. The number of methoxy groups -OCH3 is 1. The number of nitrogens with two attached hydrogens (primary N) is 1. The van der Waals surface area contributed by atoms with E-state index >= 15 is 0 Å². The maximum Gasteiger partial charge on any atom is 0.261 e. The smallest absolute Gasteiger partial charge is 0.261 e. The van der Waals surface area contributed by atoms with E-state index in [1.807, 2.05) is 35.8 Å². The predicted molar refractivity (Wildman–Crippen MR) is 151 cm³/mol. The van der Waals surface area contributed by atoms with Gasteiger partial charge in [-0.25, -0.2) is 8.42 Å². The summed E-state index contributed by atoms with van der Waals surface area (Å²) in [6, 6.07) is 13.8. The summed E-state index contributed by atoms with van der Waals surface area (Å²) in [5.74, 6) is -1.37. The number of ketones is 2. The van der Waals surface area contributed by atoms with Crippen molar-refractivity contribution in [2.45, 2.75) is 23.8 Å². The molecule has 0 saturated heterocycles. The van der Waals surface area contributed by atoms with E-state index in [2.05, 4.69) is 10.0 Å². The molecule has 3 rings (SSSR count). The summed E-state index contributed by atoms with van der Waals surface area (Å²) >= 11 is 0.910. The van der Waals surface area contributed by atoms with Crippen molar-refractivity contribution in [3.63, 3.8) is 0 Å².